The van der Waals surface area contributed by atoms with Crippen LogP contribution in [-0.2, 0) is 16.1 Å². The molecule has 2 amide bonds. The van der Waals surface area contributed by atoms with E-state index in [4.69, 9.17) is 10.5 Å². The summed E-state index contributed by atoms with van der Waals surface area (Å²) in [7, 11) is 0. The zero-order chi connectivity index (χ0) is 15.8. The van der Waals surface area contributed by atoms with Gasteiger partial charge in [0, 0.05) is 32.1 Å². The van der Waals surface area contributed by atoms with Gasteiger partial charge in [0.2, 0.25) is 5.91 Å². The fourth-order valence-corrected chi connectivity index (χ4v) is 2.49. The van der Waals surface area contributed by atoms with Crippen LogP contribution in [0, 0.1) is 0 Å². The van der Waals surface area contributed by atoms with Crippen molar-refractivity contribution < 1.29 is 14.3 Å². The number of carbonyl (C=O) groups excluding carboxylic acids is 2. The van der Waals surface area contributed by atoms with Crippen LogP contribution in [0.2, 0.25) is 0 Å². The Balaban J connectivity index is 1.67. The van der Waals surface area contributed by atoms with E-state index in [2.05, 4.69) is 5.32 Å². The molecule has 6 nitrogen and oxygen atoms in total. The molecule has 1 aliphatic rings. The van der Waals surface area contributed by atoms with Crippen LogP contribution in [0.4, 0.5) is 4.79 Å². The molecule has 1 heterocycles. The van der Waals surface area contributed by atoms with Crippen LogP contribution in [0.15, 0.2) is 30.3 Å². The second kappa shape index (κ2) is 8.38. The van der Waals surface area contributed by atoms with Crippen molar-refractivity contribution in [2.75, 3.05) is 19.6 Å². The summed E-state index contributed by atoms with van der Waals surface area (Å²) in [6.45, 7) is 1.95. The molecule has 0 spiro atoms. The summed E-state index contributed by atoms with van der Waals surface area (Å²) >= 11 is 0. The number of benzene rings is 1. The Labute approximate surface area is 130 Å². The van der Waals surface area contributed by atoms with Crippen LogP contribution >= 0.6 is 0 Å². The molecule has 0 radical (unpaired) electrons. The summed E-state index contributed by atoms with van der Waals surface area (Å²) in [5.41, 5.74) is 6.35. The Morgan fingerprint density at radius 3 is 2.55 bits per heavy atom. The minimum absolute atomic E-state index is 0.0604. The summed E-state index contributed by atoms with van der Waals surface area (Å²) in [6.07, 6.45) is 1.47. The van der Waals surface area contributed by atoms with Crippen LogP contribution in [0.1, 0.15) is 24.8 Å². The van der Waals surface area contributed by atoms with Gasteiger partial charge in [0.25, 0.3) is 0 Å². The molecular weight excluding hydrogens is 282 g/mol. The minimum atomic E-state index is -0.407. The number of nitrogens with one attached hydrogen (secondary N) is 1. The summed E-state index contributed by atoms with van der Waals surface area (Å²) in [4.78, 5) is 25.3. The predicted molar refractivity (Wildman–Crippen MR) is 83.0 cm³/mol. The Kier molecular flexibility index (Phi) is 6.21. The molecule has 1 aromatic carbocycles. The molecule has 0 aromatic heterocycles. The second-order valence-electron chi connectivity index (χ2n) is 5.40. The van der Waals surface area contributed by atoms with Crippen molar-refractivity contribution in [1.82, 2.24) is 10.2 Å². The Hall–Kier alpha value is -2.08. The number of nitrogens with two attached hydrogens (primary N) is 1. The molecular formula is C16H23N3O3. The van der Waals surface area contributed by atoms with Crippen molar-refractivity contribution in [2.45, 2.75) is 31.9 Å². The van der Waals surface area contributed by atoms with E-state index in [1.165, 1.54) is 0 Å². The number of hydrogen-bond donors (Lipinski definition) is 2. The van der Waals surface area contributed by atoms with Crippen LogP contribution in [0.25, 0.3) is 0 Å². The molecule has 1 saturated heterocycles. The third kappa shape index (κ3) is 5.04. The lowest BCUT2D eigenvalue weighted by atomic mass is 10.1. The van der Waals surface area contributed by atoms with E-state index in [0.29, 0.717) is 26.1 Å². The highest BCUT2D eigenvalue weighted by Gasteiger charge is 2.23. The van der Waals surface area contributed by atoms with Gasteiger partial charge in [-0.15, -0.1) is 0 Å². The average Bonchev–Trinajstić information content (AvgIpc) is 2.55. The summed E-state index contributed by atoms with van der Waals surface area (Å²) < 4.78 is 5.20. The molecule has 1 aliphatic heterocycles. The average molecular weight is 305 g/mol. The molecule has 0 atom stereocenters. The highest BCUT2D eigenvalue weighted by molar-refractivity contribution is 5.76. The number of hydrogen-bond acceptors (Lipinski definition) is 4. The van der Waals surface area contributed by atoms with Gasteiger partial charge in [0.15, 0.2) is 0 Å². The number of likely N-dealkylation sites (tertiary alicyclic amines) is 1. The maximum absolute atomic E-state index is 11.8. The van der Waals surface area contributed by atoms with E-state index in [1.807, 2.05) is 30.3 Å². The summed E-state index contributed by atoms with van der Waals surface area (Å²) in [5.74, 6) is 0.0904. The van der Waals surface area contributed by atoms with Gasteiger partial charge in [-0.3, -0.25) is 4.79 Å². The van der Waals surface area contributed by atoms with E-state index in [1.54, 1.807) is 4.90 Å². The fourth-order valence-electron chi connectivity index (χ4n) is 2.49. The second-order valence-corrected chi connectivity index (χ2v) is 5.40. The number of nitrogens with zero attached hydrogens (tertiary/aromatic N) is 1. The number of amides is 2. The molecule has 3 N–H and O–H groups in total. The smallest absolute Gasteiger partial charge is 0.407 e. The topological polar surface area (TPSA) is 84.7 Å². The van der Waals surface area contributed by atoms with Crippen LogP contribution in [0.5, 0.6) is 0 Å². The van der Waals surface area contributed by atoms with Crippen molar-refractivity contribution in [3.8, 4) is 0 Å². The standard InChI is InChI=1S/C16H23N3O3/c17-9-6-15(20)19-10-7-14(8-11-19)18-16(21)22-12-13-4-2-1-3-5-13/h1-5,14H,6-12,17H2,(H,18,21). The molecule has 120 valence electrons. The maximum Gasteiger partial charge on any atom is 0.407 e. The quantitative estimate of drug-likeness (QED) is 0.857. The first-order valence-electron chi connectivity index (χ1n) is 7.64. The van der Waals surface area contributed by atoms with Crippen molar-refractivity contribution in [2.24, 2.45) is 5.73 Å². The van der Waals surface area contributed by atoms with E-state index in [-0.39, 0.29) is 18.6 Å². The number of piperidine rings is 1. The number of alkyl carbamates (subject to hydrolysis) is 1. The first-order chi connectivity index (χ1) is 10.7. The van der Waals surface area contributed by atoms with Gasteiger partial charge in [-0.25, -0.2) is 4.79 Å². The van der Waals surface area contributed by atoms with Gasteiger partial charge in [-0.1, -0.05) is 30.3 Å². The first-order valence-corrected chi connectivity index (χ1v) is 7.64. The number of carbonyl (C=O) groups is 2. The maximum atomic E-state index is 11.8. The van der Waals surface area contributed by atoms with E-state index < -0.39 is 6.09 Å². The molecule has 2 rings (SSSR count). The molecule has 22 heavy (non-hydrogen) atoms. The van der Waals surface area contributed by atoms with Gasteiger partial charge < -0.3 is 20.7 Å². The number of rotatable bonds is 5. The van der Waals surface area contributed by atoms with Crippen molar-refractivity contribution in [3.63, 3.8) is 0 Å². The largest absolute Gasteiger partial charge is 0.445 e. The van der Waals surface area contributed by atoms with E-state index in [0.717, 1.165) is 18.4 Å². The van der Waals surface area contributed by atoms with E-state index in [9.17, 15) is 9.59 Å². The number of ether oxygens (including phenoxy) is 1. The predicted octanol–water partition coefficient (Wildman–Crippen LogP) is 1.25. The SMILES string of the molecule is NCCC(=O)N1CCC(NC(=O)OCc2ccccc2)CC1. The molecule has 0 unspecified atom stereocenters. The van der Waals surface area contributed by atoms with E-state index >= 15 is 0 Å². The molecule has 6 heteroatoms. The molecule has 0 bridgehead atoms. The van der Waals surface area contributed by atoms with Crippen LogP contribution in [0.3, 0.4) is 0 Å². The third-order valence-electron chi connectivity index (χ3n) is 3.74. The van der Waals surface area contributed by atoms with Crippen molar-refractivity contribution in [3.05, 3.63) is 35.9 Å². The molecule has 1 fully saturated rings. The molecule has 1 aromatic rings. The zero-order valence-electron chi connectivity index (χ0n) is 12.7. The van der Waals surface area contributed by atoms with Gasteiger partial charge in [-0.2, -0.15) is 0 Å². The summed E-state index contributed by atoms with van der Waals surface area (Å²) in [6, 6.07) is 9.62. The molecule has 0 aliphatic carbocycles. The van der Waals surface area contributed by atoms with Crippen molar-refractivity contribution in [1.29, 1.82) is 0 Å². The first kappa shape index (κ1) is 16.3. The Bertz CT molecular complexity index is 485. The summed E-state index contributed by atoms with van der Waals surface area (Å²) in [5, 5.41) is 2.86. The highest BCUT2D eigenvalue weighted by atomic mass is 16.5. The Morgan fingerprint density at radius 1 is 1.23 bits per heavy atom. The third-order valence-corrected chi connectivity index (χ3v) is 3.74. The zero-order valence-corrected chi connectivity index (χ0v) is 12.7. The lowest BCUT2D eigenvalue weighted by Gasteiger charge is -2.32. The lowest BCUT2D eigenvalue weighted by molar-refractivity contribution is -0.132. The monoisotopic (exact) mass is 305 g/mol. The lowest BCUT2D eigenvalue weighted by Crippen LogP contribution is -2.46. The van der Waals surface area contributed by atoms with Gasteiger partial charge in [-0.05, 0) is 18.4 Å². The van der Waals surface area contributed by atoms with Gasteiger partial charge >= 0.3 is 6.09 Å². The van der Waals surface area contributed by atoms with Crippen LogP contribution in [-0.4, -0.2) is 42.6 Å². The van der Waals surface area contributed by atoms with Gasteiger partial charge in [0.1, 0.15) is 6.61 Å². The molecule has 0 saturated carbocycles. The highest BCUT2D eigenvalue weighted by Crippen LogP contribution is 2.11. The normalized spacial score (nSPS) is 15.4. The van der Waals surface area contributed by atoms with Gasteiger partial charge in [0.05, 0.1) is 0 Å². The fraction of sp³-hybridized carbons (Fsp3) is 0.500. The van der Waals surface area contributed by atoms with Crippen LogP contribution < -0.4 is 11.1 Å². The minimum Gasteiger partial charge on any atom is -0.445 e. The Morgan fingerprint density at radius 2 is 1.91 bits per heavy atom. The van der Waals surface area contributed by atoms with Crippen molar-refractivity contribution >= 4 is 12.0 Å².